The van der Waals surface area contributed by atoms with Gasteiger partial charge in [-0.2, -0.15) is 0 Å². The van der Waals surface area contributed by atoms with Gasteiger partial charge in [-0.3, -0.25) is 4.79 Å². The van der Waals surface area contributed by atoms with E-state index >= 15 is 0 Å². The largest absolute Gasteiger partial charge is 0.463 e. The van der Waals surface area contributed by atoms with Gasteiger partial charge in [-0.05, 0) is 79.9 Å². The van der Waals surface area contributed by atoms with Gasteiger partial charge in [-0.25, -0.2) is 4.79 Å². The summed E-state index contributed by atoms with van der Waals surface area (Å²) >= 11 is 0. The third-order valence-corrected chi connectivity index (χ3v) is 8.79. The Labute approximate surface area is 218 Å². The molecule has 0 radical (unpaired) electrons. The molecule has 0 aliphatic heterocycles. The van der Waals surface area contributed by atoms with E-state index in [1.807, 2.05) is 61.7 Å². The van der Waals surface area contributed by atoms with Crippen LogP contribution in [0.15, 0.2) is 60.8 Å². The number of nitrogens with one attached hydrogen (secondary N) is 2. The van der Waals surface area contributed by atoms with Crippen LogP contribution in [0.4, 0.5) is 4.79 Å². The molecule has 1 amide bonds. The maximum absolute atomic E-state index is 13.3. The fraction of sp³-hybridized carbons (Fsp3) is 0.484. The number of amides is 1. The van der Waals surface area contributed by atoms with Crippen LogP contribution in [0.2, 0.25) is 0 Å². The van der Waals surface area contributed by atoms with Crippen molar-refractivity contribution in [2.45, 2.75) is 63.5 Å². The number of para-hydroxylation sites is 1. The third kappa shape index (κ3) is 5.25. The fourth-order valence-corrected chi connectivity index (χ4v) is 7.35. The Morgan fingerprint density at radius 3 is 2.35 bits per heavy atom. The predicted octanol–water partition coefficient (Wildman–Crippen LogP) is 5.81. The van der Waals surface area contributed by atoms with Crippen LogP contribution in [0.25, 0.3) is 10.9 Å². The molecule has 4 bridgehead atoms. The van der Waals surface area contributed by atoms with Crippen LogP contribution < -0.4 is 5.32 Å². The molecule has 3 aromatic rings. The molecular weight excluding hydrogens is 464 g/mol. The highest BCUT2D eigenvalue weighted by Gasteiger charge is 2.50. The maximum atomic E-state index is 13.3. The first-order valence-electron chi connectivity index (χ1n) is 13.7. The van der Waals surface area contributed by atoms with Gasteiger partial charge in [0.05, 0.1) is 12.0 Å². The fourth-order valence-electron chi connectivity index (χ4n) is 7.35. The second-order valence-electron chi connectivity index (χ2n) is 11.8. The number of alkyl carbamates (subject to hydrolysis) is 1. The first kappa shape index (κ1) is 24.1. The van der Waals surface area contributed by atoms with E-state index in [2.05, 4.69) is 16.4 Å². The summed E-state index contributed by atoms with van der Waals surface area (Å²) in [5, 5.41) is 4.22. The van der Waals surface area contributed by atoms with Crippen LogP contribution in [0, 0.1) is 23.7 Å². The summed E-state index contributed by atoms with van der Waals surface area (Å²) in [6.07, 6.45) is 8.40. The van der Waals surface area contributed by atoms with Crippen LogP contribution in [-0.4, -0.2) is 35.3 Å². The minimum atomic E-state index is -0.819. The van der Waals surface area contributed by atoms with Crippen molar-refractivity contribution in [3.63, 3.8) is 0 Å². The first-order valence-corrected chi connectivity index (χ1v) is 13.7. The number of hydrogen-bond acceptors (Lipinski definition) is 4. The molecule has 6 nitrogen and oxygen atoms in total. The monoisotopic (exact) mass is 500 g/mol. The van der Waals surface area contributed by atoms with Crippen LogP contribution >= 0.6 is 0 Å². The molecule has 7 rings (SSSR count). The van der Waals surface area contributed by atoms with E-state index in [0.717, 1.165) is 33.9 Å². The highest BCUT2D eigenvalue weighted by atomic mass is 16.6. The molecule has 2 N–H and O–H groups in total. The third-order valence-electron chi connectivity index (χ3n) is 8.79. The lowest BCUT2D eigenvalue weighted by Crippen LogP contribution is -2.55. The summed E-state index contributed by atoms with van der Waals surface area (Å²) in [4.78, 5) is 29.3. The molecule has 0 spiro atoms. The first-order chi connectivity index (χ1) is 17.9. The quantitative estimate of drug-likeness (QED) is 0.383. The number of benzene rings is 2. The molecule has 1 atom stereocenters. The molecule has 0 saturated heterocycles. The van der Waals surface area contributed by atoms with Crippen molar-refractivity contribution >= 4 is 23.0 Å². The molecule has 2 aromatic carbocycles. The molecule has 194 valence electrons. The average molecular weight is 501 g/mol. The minimum Gasteiger partial charge on any atom is -0.463 e. The summed E-state index contributed by atoms with van der Waals surface area (Å²) in [6.45, 7) is 2.00. The van der Waals surface area contributed by atoms with Gasteiger partial charge in [0.25, 0.3) is 0 Å². The molecule has 37 heavy (non-hydrogen) atoms. The van der Waals surface area contributed by atoms with Gasteiger partial charge in [0, 0.05) is 23.5 Å². The molecular formula is C31H36N2O4. The normalized spacial score (nSPS) is 27.5. The SMILES string of the molecule is C[C@](COC(=O)Cc1ccccc1)(Cc1c[nH]c2ccccc12)NC(=O)OC1C2CC3CC(C2)CC1C3. The van der Waals surface area contributed by atoms with E-state index in [-0.39, 0.29) is 25.1 Å². The van der Waals surface area contributed by atoms with E-state index in [0.29, 0.717) is 18.3 Å². The molecule has 4 saturated carbocycles. The Morgan fingerprint density at radius 1 is 0.946 bits per heavy atom. The van der Waals surface area contributed by atoms with Gasteiger partial charge in [0.15, 0.2) is 0 Å². The van der Waals surface area contributed by atoms with Crippen LogP contribution in [0.1, 0.15) is 50.2 Å². The zero-order valence-electron chi connectivity index (χ0n) is 21.5. The Morgan fingerprint density at radius 2 is 1.62 bits per heavy atom. The van der Waals surface area contributed by atoms with Crippen molar-refractivity contribution in [2.75, 3.05) is 6.61 Å². The van der Waals surface area contributed by atoms with Gasteiger partial charge < -0.3 is 19.8 Å². The zero-order chi connectivity index (χ0) is 25.4. The van der Waals surface area contributed by atoms with Crippen molar-refractivity contribution < 1.29 is 19.1 Å². The number of aromatic nitrogens is 1. The maximum Gasteiger partial charge on any atom is 0.407 e. The molecule has 1 heterocycles. The summed E-state index contributed by atoms with van der Waals surface area (Å²) in [5.41, 5.74) is 2.18. The number of rotatable bonds is 8. The highest BCUT2D eigenvalue weighted by Crippen LogP contribution is 2.54. The van der Waals surface area contributed by atoms with Crippen LogP contribution in [0.3, 0.4) is 0 Å². The number of carbonyl (C=O) groups is 2. The van der Waals surface area contributed by atoms with E-state index < -0.39 is 11.6 Å². The van der Waals surface area contributed by atoms with Crippen molar-refractivity contribution in [1.29, 1.82) is 0 Å². The van der Waals surface area contributed by atoms with Gasteiger partial charge in [-0.15, -0.1) is 0 Å². The summed E-state index contributed by atoms with van der Waals surface area (Å²) < 4.78 is 11.9. The van der Waals surface area contributed by atoms with E-state index in [1.165, 1.54) is 32.1 Å². The van der Waals surface area contributed by atoms with Crippen molar-refractivity contribution in [3.8, 4) is 0 Å². The lowest BCUT2D eigenvalue weighted by Gasteiger charge is -2.53. The number of hydrogen-bond donors (Lipinski definition) is 2. The molecule has 4 fully saturated rings. The Bertz CT molecular complexity index is 1240. The van der Waals surface area contributed by atoms with Crippen LogP contribution in [-0.2, 0) is 27.1 Å². The molecule has 4 aliphatic carbocycles. The minimum absolute atomic E-state index is 0.00534. The van der Waals surface area contributed by atoms with E-state index in [4.69, 9.17) is 9.47 Å². The number of aromatic amines is 1. The van der Waals surface area contributed by atoms with Gasteiger partial charge in [0.1, 0.15) is 12.7 Å². The lowest BCUT2D eigenvalue weighted by atomic mass is 9.55. The number of carbonyl (C=O) groups excluding carboxylic acids is 2. The molecule has 4 aliphatic rings. The van der Waals surface area contributed by atoms with Crippen molar-refractivity contribution in [3.05, 3.63) is 71.9 Å². The Hall–Kier alpha value is -3.28. The topological polar surface area (TPSA) is 80.4 Å². The average Bonchev–Trinajstić information content (AvgIpc) is 3.28. The van der Waals surface area contributed by atoms with Gasteiger partial charge in [-0.1, -0.05) is 48.5 Å². The predicted molar refractivity (Wildman–Crippen MR) is 142 cm³/mol. The summed E-state index contributed by atoms with van der Waals surface area (Å²) in [6, 6.07) is 17.7. The standard InChI is InChI=1S/C31H36N2O4/c1-31(17-25-18-32-27-10-6-5-9-26(25)27,19-36-28(34)16-20-7-3-2-4-8-20)33-30(35)37-29-23-12-21-11-22(14-23)15-24(29)13-21/h2-10,18,21-24,29,32H,11-17,19H2,1H3,(H,33,35)/t21?,22?,23?,24?,29?,31-/m1/s1. The number of H-pyrrole nitrogens is 1. The van der Waals surface area contributed by atoms with Crippen molar-refractivity contribution in [1.82, 2.24) is 10.3 Å². The summed E-state index contributed by atoms with van der Waals surface area (Å²) in [5.74, 6) is 2.31. The summed E-state index contributed by atoms with van der Waals surface area (Å²) in [7, 11) is 0. The highest BCUT2D eigenvalue weighted by molar-refractivity contribution is 5.83. The Balaban J connectivity index is 1.16. The number of fused-ring (bicyclic) bond motifs is 1. The molecule has 0 unspecified atom stereocenters. The molecule has 6 heteroatoms. The smallest absolute Gasteiger partial charge is 0.407 e. The molecule has 1 aromatic heterocycles. The van der Waals surface area contributed by atoms with Gasteiger partial charge in [0.2, 0.25) is 0 Å². The van der Waals surface area contributed by atoms with E-state index in [9.17, 15) is 9.59 Å². The van der Waals surface area contributed by atoms with E-state index in [1.54, 1.807) is 0 Å². The second kappa shape index (κ2) is 9.88. The number of esters is 1. The number of ether oxygens (including phenoxy) is 2. The zero-order valence-corrected chi connectivity index (χ0v) is 21.5. The second-order valence-corrected chi connectivity index (χ2v) is 11.8. The van der Waals surface area contributed by atoms with Gasteiger partial charge >= 0.3 is 12.1 Å². The van der Waals surface area contributed by atoms with Crippen molar-refractivity contribution in [2.24, 2.45) is 23.7 Å². The van der Waals surface area contributed by atoms with Crippen LogP contribution in [0.5, 0.6) is 0 Å². The lowest BCUT2D eigenvalue weighted by molar-refractivity contribution is -0.145. The Kier molecular flexibility index (Phi) is 6.43.